The molecule has 1 aromatic carbocycles. The van der Waals surface area contributed by atoms with Crippen LogP contribution in [-0.4, -0.2) is 19.2 Å². The Bertz CT molecular complexity index is 453. The molecule has 0 saturated heterocycles. The summed E-state index contributed by atoms with van der Waals surface area (Å²) in [5, 5.41) is 3.67. The fraction of sp³-hybridized carbons (Fsp3) is 0.667. The molecule has 0 aliphatic heterocycles. The van der Waals surface area contributed by atoms with E-state index in [9.17, 15) is 0 Å². The van der Waals surface area contributed by atoms with E-state index in [4.69, 9.17) is 4.74 Å². The van der Waals surface area contributed by atoms with Gasteiger partial charge in [-0.2, -0.15) is 0 Å². The van der Waals surface area contributed by atoms with Gasteiger partial charge < -0.3 is 10.1 Å². The number of ether oxygens (including phenoxy) is 1. The summed E-state index contributed by atoms with van der Waals surface area (Å²) in [5.41, 5.74) is 1.72. The highest BCUT2D eigenvalue weighted by Gasteiger charge is 2.26. The van der Waals surface area contributed by atoms with Gasteiger partial charge in [0.15, 0.2) is 0 Å². The van der Waals surface area contributed by atoms with E-state index in [0.717, 1.165) is 18.7 Å². The van der Waals surface area contributed by atoms with Crippen LogP contribution in [0.2, 0.25) is 0 Å². The van der Waals surface area contributed by atoms with Gasteiger partial charge in [-0.1, -0.05) is 36.2 Å². The Morgan fingerprint density at radius 2 is 1.86 bits per heavy atom. The number of rotatable bonds is 7. The fourth-order valence-electron chi connectivity index (χ4n) is 2.59. The summed E-state index contributed by atoms with van der Waals surface area (Å²) in [4.78, 5) is 0. The minimum absolute atomic E-state index is 0.153. The van der Waals surface area contributed by atoms with Crippen molar-refractivity contribution >= 4 is 15.9 Å². The molecule has 0 spiro atoms. The van der Waals surface area contributed by atoms with Crippen molar-refractivity contribution in [1.82, 2.24) is 5.32 Å². The smallest absolute Gasteiger partial charge is 0.119 e. The Morgan fingerprint density at radius 3 is 2.38 bits per heavy atom. The number of hydrogen-bond donors (Lipinski definition) is 1. The number of methoxy groups -OCH3 is 1. The molecule has 1 rings (SSSR count). The molecule has 1 aromatic rings. The van der Waals surface area contributed by atoms with Crippen LogP contribution in [0.15, 0.2) is 22.7 Å². The van der Waals surface area contributed by atoms with E-state index in [1.807, 2.05) is 6.07 Å². The van der Waals surface area contributed by atoms with Gasteiger partial charge in [0.25, 0.3) is 0 Å². The standard InChI is InChI=1S/C18H30BrNO/c1-7-10-18(5,13-20-17(2,3)4)12-14-11-15(21-6)8-9-16(14)19/h8-9,11,20H,7,10,12-13H2,1-6H3. The number of benzene rings is 1. The number of halogens is 1. The van der Waals surface area contributed by atoms with Crippen LogP contribution in [0.4, 0.5) is 0 Å². The summed E-state index contributed by atoms with van der Waals surface area (Å²) >= 11 is 3.68. The van der Waals surface area contributed by atoms with Crippen LogP contribution in [-0.2, 0) is 6.42 Å². The average molecular weight is 356 g/mol. The van der Waals surface area contributed by atoms with Gasteiger partial charge in [0, 0.05) is 16.6 Å². The summed E-state index contributed by atoms with van der Waals surface area (Å²) in [6.07, 6.45) is 3.45. The first kappa shape index (κ1) is 18.5. The third-order valence-corrected chi connectivity index (χ3v) is 4.54. The molecule has 21 heavy (non-hydrogen) atoms. The van der Waals surface area contributed by atoms with E-state index in [-0.39, 0.29) is 11.0 Å². The minimum Gasteiger partial charge on any atom is -0.497 e. The topological polar surface area (TPSA) is 21.3 Å². The lowest BCUT2D eigenvalue weighted by atomic mass is 9.79. The van der Waals surface area contributed by atoms with Crippen LogP contribution >= 0.6 is 15.9 Å². The zero-order valence-electron chi connectivity index (χ0n) is 14.3. The van der Waals surface area contributed by atoms with Gasteiger partial charge in [-0.25, -0.2) is 0 Å². The molecule has 1 unspecified atom stereocenters. The van der Waals surface area contributed by atoms with Gasteiger partial charge in [-0.3, -0.25) is 0 Å². The first-order valence-electron chi connectivity index (χ1n) is 7.76. The zero-order valence-corrected chi connectivity index (χ0v) is 15.9. The van der Waals surface area contributed by atoms with E-state index < -0.39 is 0 Å². The maximum atomic E-state index is 5.36. The highest BCUT2D eigenvalue weighted by atomic mass is 79.9. The molecule has 120 valence electrons. The fourth-order valence-corrected chi connectivity index (χ4v) is 2.98. The molecule has 0 bridgehead atoms. The van der Waals surface area contributed by atoms with Crippen LogP contribution in [0.1, 0.15) is 53.0 Å². The minimum atomic E-state index is 0.153. The van der Waals surface area contributed by atoms with Gasteiger partial charge in [0.1, 0.15) is 5.75 Å². The molecule has 0 fully saturated rings. The SMILES string of the molecule is CCCC(C)(CNC(C)(C)C)Cc1cc(OC)ccc1Br. The van der Waals surface area contributed by atoms with E-state index in [2.05, 4.69) is 68.0 Å². The Kier molecular flexibility index (Phi) is 6.73. The van der Waals surface area contributed by atoms with E-state index in [1.54, 1.807) is 7.11 Å². The van der Waals surface area contributed by atoms with Crippen LogP contribution in [0.5, 0.6) is 5.75 Å². The molecule has 0 radical (unpaired) electrons. The maximum Gasteiger partial charge on any atom is 0.119 e. The highest BCUT2D eigenvalue weighted by Crippen LogP contribution is 2.33. The first-order chi connectivity index (χ1) is 9.69. The molecule has 2 nitrogen and oxygen atoms in total. The summed E-state index contributed by atoms with van der Waals surface area (Å²) in [6, 6.07) is 6.23. The lowest BCUT2D eigenvalue weighted by molar-refractivity contribution is 0.243. The monoisotopic (exact) mass is 355 g/mol. The van der Waals surface area contributed by atoms with Crippen LogP contribution in [0, 0.1) is 5.41 Å². The molecule has 1 atom stereocenters. The van der Waals surface area contributed by atoms with Crippen molar-refractivity contribution in [3.8, 4) is 5.75 Å². The maximum absolute atomic E-state index is 5.36. The second-order valence-corrected chi connectivity index (χ2v) is 8.15. The molecule has 0 aliphatic rings. The third kappa shape index (κ3) is 6.39. The predicted octanol–water partition coefficient (Wildman–Crippen LogP) is 5.19. The Labute approximate surface area is 138 Å². The zero-order chi connectivity index (χ0) is 16.1. The molecular weight excluding hydrogens is 326 g/mol. The van der Waals surface area contributed by atoms with Crippen LogP contribution < -0.4 is 10.1 Å². The van der Waals surface area contributed by atoms with Crippen LogP contribution in [0.3, 0.4) is 0 Å². The number of hydrogen-bond acceptors (Lipinski definition) is 2. The van der Waals surface area contributed by atoms with Gasteiger partial charge >= 0.3 is 0 Å². The molecule has 0 saturated carbocycles. The second kappa shape index (κ2) is 7.64. The summed E-state index contributed by atoms with van der Waals surface area (Å²) in [7, 11) is 1.72. The van der Waals surface area contributed by atoms with Gasteiger partial charge in [0.05, 0.1) is 7.11 Å². The van der Waals surface area contributed by atoms with Crippen molar-refractivity contribution in [2.75, 3.05) is 13.7 Å². The average Bonchev–Trinajstić information content (AvgIpc) is 2.39. The summed E-state index contributed by atoms with van der Waals surface area (Å²) in [6.45, 7) is 12.3. The lowest BCUT2D eigenvalue weighted by Crippen LogP contribution is -2.43. The molecule has 0 aromatic heterocycles. The van der Waals surface area contributed by atoms with Crippen molar-refractivity contribution < 1.29 is 4.74 Å². The van der Waals surface area contributed by atoms with Crippen molar-refractivity contribution in [3.05, 3.63) is 28.2 Å². The lowest BCUT2D eigenvalue weighted by Gasteiger charge is -2.34. The van der Waals surface area contributed by atoms with Crippen molar-refractivity contribution in [1.29, 1.82) is 0 Å². The Morgan fingerprint density at radius 1 is 1.19 bits per heavy atom. The van der Waals surface area contributed by atoms with Crippen molar-refractivity contribution in [3.63, 3.8) is 0 Å². The van der Waals surface area contributed by atoms with Crippen LogP contribution in [0.25, 0.3) is 0 Å². The Balaban J connectivity index is 2.91. The molecule has 0 amide bonds. The second-order valence-electron chi connectivity index (χ2n) is 7.30. The van der Waals surface area contributed by atoms with Gasteiger partial charge in [0.2, 0.25) is 0 Å². The van der Waals surface area contributed by atoms with Crippen molar-refractivity contribution in [2.24, 2.45) is 5.41 Å². The summed E-state index contributed by atoms with van der Waals surface area (Å²) < 4.78 is 6.53. The first-order valence-corrected chi connectivity index (χ1v) is 8.56. The van der Waals surface area contributed by atoms with E-state index in [1.165, 1.54) is 22.9 Å². The Hall–Kier alpha value is -0.540. The highest BCUT2D eigenvalue weighted by molar-refractivity contribution is 9.10. The quantitative estimate of drug-likeness (QED) is 0.725. The van der Waals surface area contributed by atoms with Gasteiger partial charge in [-0.15, -0.1) is 0 Å². The molecular formula is C18H30BrNO. The molecule has 0 aliphatic carbocycles. The largest absolute Gasteiger partial charge is 0.497 e. The molecule has 0 heterocycles. The molecule has 1 N–H and O–H groups in total. The predicted molar refractivity (Wildman–Crippen MR) is 95.2 cm³/mol. The normalized spacial score (nSPS) is 14.8. The van der Waals surface area contributed by atoms with E-state index >= 15 is 0 Å². The molecule has 3 heteroatoms. The number of nitrogens with one attached hydrogen (secondary N) is 1. The summed E-state index contributed by atoms with van der Waals surface area (Å²) in [5.74, 6) is 0.927. The van der Waals surface area contributed by atoms with Gasteiger partial charge in [-0.05, 0) is 62.8 Å². The van der Waals surface area contributed by atoms with E-state index in [0.29, 0.717) is 0 Å². The third-order valence-electron chi connectivity index (χ3n) is 3.77. The van der Waals surface area contributed by atoms with Crippen molar-refractivity contribution in [2.45, 2.75) is 59.4 Å².